The van der Waals surface area contributed by atoms with E-state index in [1.165, 1.54) is 19.4 Å². The highest BCUT2D eigenvalue weighted by Gasteiger charge is 2.52. The van der Waals surface area contributed by atoms with E-state index in [2.05, 4.69) is 15.5 Å². The zero-order valence-electron chi connectivity index (χ0n) is 22.7. The number of amides is 1. The van der Waals surface area contributed by atoms with Gasteiger partial charge in [0.1, 0.15) is 23.3 Å². The summed E-state index contributed by atoms with van der Waals surface area (Å²) in [7, 11) is 1.51. The number of benzene rings is 1. The van der Waals surface area contributed by atoms with Crippen molar-refractivity contribution in [2.24, 2.45) is 11.3 Å². The van der Waals surface area contributed by atoms with E-state index < -0.39 is 11.6 Å². The summed E-state index contributed by atoms with van der Waals surface area (Å²) < 4.78 is 48.3. The third kappa shape index (κ3) is 4.44. The fraction of sp³-hybridized carbons (Fsp3) is 0.600. The number of oxazole rings is 1. The van der Waals surface area contributed by atoms with Crippen LogP contribution in [0.15, 0.2) is 21.3 Å². The van der Waals surface area contributed by atoms with Crippen LogP contribution in [-0.4, -0.2) is 28.1 Å². The number of hydrogen-bond donors (Lipinski definition) is 1. The van der Waals surface area contributed by atoms with Crippen LogP contribution in [-0.2, 0) is 28.0 Å². The van der Waals surface area contributed by atoms with E-state index in [1.807, 2.05) is 0 Å². The number of halogens is 2. The number of carbonyl (C=O) groups is 1. The van der Waals surface area contributed by atoms with Gasteiger partial charge in [0.15, 0.2) is 11.6 Å². The standard InChI is InChI=1S/C30H34F2N4O4/c1-38-15-20-16-39-27(33-20)22-23(31)19(13-21(24(22)32)34-26(37)18-3-2-4-18)14-29-7-10-30(11-8-29,12-9-29)28-35-25(36-40-28)17-5-6-17/h13,16-18H,2-12,14-15H2,1H3,(H,34,37). The van der Waals surface area contributed by atoms with Gasteiger partial charge >= 0.3 is 0 Å². The van der Waals surface area contributed by atoms with Gasteiger partial charge in [-0.05, 0) is 87.7 Å². The lowest BCUT2D eigenvalue weighted by molar-refractivity contribution is -0.122. The van der Waals surface area contributed by atoms with E-state index in [-0.39, 0.29) is 46.4 Å². The minimum Gasteiger partial charge on any atom is -0.444 e. The monoisotopic (exact) mass is 552 g/mol. The molecule has 2 aromatic heterocycles. The lowest BCUT2D eigenvalue weighted by atomic mass is 9.52. The highest BCUT2D eigenvalue weighted by molar-refractivity contribution is 5.94. The number of rotatable bonds is 9. The number of carbonyl (C=O) groups excluding carboxylic acids is 1. The number of aromatic nitrogens is 3. The van der Waals surface area contributed by atoms with Crippen LogP contribution in [0.25, 0.3) is 11.5 Å². The summed E-state index contributed by atoms with van der Waals surface area (Å²) in [5.74, 6) is -0.0404. The first-order valence-electron chi connectivity index (χ1n) is 14.5. The Kier molecular flexibility index (Phi) is 6.29. The maximum absolute atomic E-state index is 16.1. The van der Waals surface area contributed by atoms with Gasteiger partial charge in [0.2, 0.25) is 17.7 Å². The molecule has 5 aliphatic rings. The molecule has 2 bridgehead atoms. The molecule has 5 fully saturated rings. The van der Waals surface area contributed by atoms with Gasteiger partial charge in [0, 0.05) is 24.4 Å². The average Bonchev–Trinajstić information content (AvgIpc) is 3.46. The van der Waals surface area contributed by atoms with Crippen LogP contribution in [0.5, 0.6) is 0 Å². The van der Waals surface area contributed by atoms with Gasteiger partial charge in [-0.15, -0.1) is 0 Å². The molecule has 5 saturated carbocycles. The number of methoxy groups -OCH3 is 1. The molecule has 8 nitrogen and oxygen atoms in total. The van der Waals surface area contributed by atoms with Gasteiger partial charge in [-0.2, -0.15) is 4.98 Å². The number of hydrogen-bond acceptors (Lipinski definition) is 7. The highest BCUT2D eigenvalue weighted by Crippen LogP contribution is 2.59. The van der Waals surface area contributed by atoms with E-state index in [0.717, 1.165) is 82.3 Å². The van der Waals surface area contributed by atoms with Gasteiger partial charge in [0.25, 0.3) is 0 Å². The van der Waals surface area contributed by atoms with Crippen LogP contribution in [0.2, 0.25) is 0 Å². The molecule has 1 amide bonds. The molecule has 0 saturated heterocycles. The molecular weight excluding hydrogens is 518 g/mol. The number of nitrogens with zero attached hydrogens (tertiary/aromatic N) is 3. The fourth-order valence-corrected chi connectivity index (χ4v) is 6.85. The molecule has 212 valence electrons. The first kappa shape index (κ1) is 25.8. The molecule has 10 heteroatoms. The molecule has 3 aromatic rings. The number of fused-ring (bicyclic) bond motifs is 3. The third-order valence-electron chi connectivity index (χ3n) is 9.87. The first-order chi connectivity index (χ1) is 19.4. The van der Waals surface area contributed by atoms with Crippen molar-refractivity contribution < 1.29 is 27.3 Å². The SMILES string of the molecule is COCc1coc(-c2c(F)c(CC34CCC(c5nc(C6CC6)no5)(CC3)CC4)cc(NC(=O)C3CCC3)c2F)n1. The smallest absolute Gasteiger partial charge is 0.232 e. The number of nitrogens with one attached hydrogen (secondary N) is 1. The summed E-state index contributed by atoms with van der Waals surface area (Å²) in [4.78, 5) is 21.8. The molecular formula is C30H34F2N4O4. The van der Waals surface area contributed by atoms with Crippen LogP contribution in [0.1, 0.15) is 99.5 Å². The second kappa shape index (κ2) is 9.75. The van der Waals surface area contributed by atoms with Crippen LogP contribution in [0.4, 0.5) is 14.5 Å². The van der Waals surface area contributed by atoms with Crippen LogP contribution < -0.4 is 5.32 Å². The van der Waals surface area contributed by atoms with Crippen molar-refractivity contribution in [3.63, 3.8) is 0 Å². The zero-order chi connectivity index (χ0) is 27.5. The quantitative estimate of drug-likeness (QED) is 0.319. The normalized spacial score (nSPS) is 26.2. The summed E-state index contributed by atoms with van der Waals surface area (Å²) in [5.41, 5.74) is 0.207. The Morgan fingerprint density at radius 2 is 1.82 bits per heavy atom. The highest BCUT2D eigenvalue weighted by atomic mass is 19.1. The molecule has 0 atom stereocenters. The van der Waals surface area contributed by atoms with E-state index in [1.54, 1.807) is 0 Å². The van der Waals surface area contributed by atoms with E-state index in [9.17, 15) is 4.79 Å². The second-order valence-corrected chi connectivity index (χ2v) is 12.5. The van der Waals surface area contributed by atoms with Crippen molar-refractivity contribution in [3.05, 3.63) is 46.9 Å². The van der Waals surface area contributed by atoms with Crippen molar-refractivity contribution in [3.8, 4) is 11.5 Å². The zero-order valence-corrected chi connectivity index (χ0v) is 22.7. The first-order valence-corrected chi connectivity index (χ1v) is 14.5. The van der Waals surface area contributed by atoms with Crippen molar-refractivity contribution in [1.29, 1.82) is 0 Å². The molecule has 8 rings (SSSR count). The molecule has 0 unspecified atom stereocenters. The topological polar surface area (TPSA) is 103 Å². The summed E-state index contributed by atoms with van der Waals surface area (Å²) in [5, 5.41) is 6.99. The van der Waals surface area contributed by atoms with Crippen molar-refractivity contribution in [2.75, 3.05) is 12.4 Å². The largest absolute Gasteiger partial charge is 0.444 e. The predicted octanol–water partition coefficient (Wildman–Crippen LogP) is 6.60. The van der Waals surface area contributed by atoms with Crippen LogP contribution in [0, 0.1) is 23.0 Å². The van der Waals surface area contributed by atoms with Gasteiger partial charge in [-0.3, -0.25) is 4.79 Å². The molecule has 5 aliphatic carbocycles. The predicted molar refractivity (Wildman–Crippen MR) is 140 cm³/mol. The molecule has 2 heterocycles. The molecule has 0 aliphatic heterocycles. The Hall–Kier alpha value is -3.14. The van der Waals surface area contributed by atoms with Crippen LogP contribution in [0.3, 0.4) is 0 Å². The van der Waals surface area contributed by atoms with Crippen molar-refractivity contribution in [2.45, 2.75) is 95.0 Å². The Morgan fingerprint density at radius 1 is 1.07 bits per heavy atom. The van der Waals surface area contributed by atoms with Gasteiger partial charge in [-0.25, -0.2) is 13.8 Å². The van der Waals surface area contributed by atoms with Crippen molar-refractivity contribution >= 4 is 11.6 Å². The minimum absolute atomic E-state index is 0.0226. The molecule has 0 spiro atoms. The summed E-state index contributed by atoms with van der Waals surface area (Å²) in [6.07, 6.45) is 12.0. The fourth-order valence-electron chi connectivity index (χ4n) is 6.85. The maximum atomic E-state index is 16.1. The number of ether oxygens (including phenoxy) is 1. The number of anilines is 1. The summed E-state index contributed by atoms with van der Waals surface area (Å²) in [6, 6.07) is 1.48. The molecule has 1 aromatic carbocycles. The van der Waals surface area contributed by atoms with E-state index >= 15 is 8.78 Å². The Balaban J connectivity index is 1.18. The minimum atomic E-state index is -0.869. The van der Waals surface area contributed by atoms with Gasteiger partial charge in [0.05, 0.1) is 12.3 Å². The summed E-state index contributed by atoms with van der Waals surface area (Å²) in [6.45, 7) is 0.157. The lowest BCUT2D eigenvalue weighted by Crippen LogP contribution is -2.45. The second-order valence-electron chi connectivity index (χ2n) is 12.5. The summed E-state index contributed by atoms with van der Waals surface area (Å²) >= 11 is 0. The van der Waals surface area contributed by atoms with Crippen molar-refractivity contribution in [1.82, 2.24) is 15.1 Å². The Labute approximate surface area is 231 Å². The van der Waals surface area contributed by atoms with Gasteiger partial charge < -0.3 is 19.0 Å². The average molecular weight is 553 g/mol. The van der Waals surface area contributed by atoms with E-state index in [0.29, 0.717) is 23.6 Å². The Morgan fingerprint density at radius 3 is 2.48 bits per heavy atom. The Bertz CT molecular complexity index is 1420. The molecule has 1 N–H and O–H groups in total. The van der Waals surface area contributed by atoms with Gasteiger partial charge in [-0.1, -0.05) is 11.6 Å². The maximum Gasteiger partial charge on any atom is 0.232 e. The van der Waals surface area contributed by atoms with Crippen LogP contribution >= 0.6 is 0 Å². The van der Waals surface area contributed by atoms with E-state index in [4.69, 9.17) is 18.7 Å². The lowest BCUT2D eigenvalue weighted by Gasteiger charge is -2.52. The molecule has 40 heavy (non-hydrogen) atoms. The molecule has 0 radical (unpaired) electrons. The third-order valence-corrected chi connectivity index (χ3v) is 9.87.